The van der Waals surface area contributed by atoms with E-state index in [9.17, 15) is 10.2 Å². The van der Waals surface area contributed by atoms with Crippen LogP contribution >= 0.6 is 0 Å². The fourth-order valence-corrected chi connectivity index (χ4v) is 4.80. The molecule has 0 saturated carbocycles. The summed E-state index contributed by atoms with van der Waals surface area (Å²) in [6.07, 6.45) is 4.02. The average molecular weight is 724 g/mol. The third-order valence-corrected chi connectivity index (χ3v) is 7.05. The normalized spacial score (nSPS) is 11.4. The zero-order chi connectivity index (χ0) is 29.1. The summed E-state index contributed by atoms with van der Waals surface area (Å²) in [5.41, 5.74) is 5.96. The number of benzene rings is 6. The maximum absolute atomic E-state index is 10.7. The van der Waals surface area contributed by atoms with Crippen molar-refractivity contribution in [2.75, 3.05) is 0 Å². The molecule has 0 spiro atoms. The molecule has 6 aromatic carbocycles. The molecule has 6 rings (SSSR count). The summed E-state index contributed by atoms with van der Waals surface area (Å²) in [6.45, 7) is 3.82. The van der Waals surface area contributed by atoms with Gasteiger partial charge in [-0.1, -0.05) is 73.2 Å². The summed E-state index contributed by atoms with van der Waals surface area (Å²) >= 11 is 0. The first-order valence-corrected chi connectivity index (χ1v) is 13.4. The molecule has 6 nitrogen and oxygen atoms in total. The van der Waals surface area contributed by atoms with E-state index in [1.165, 1.54) is 0 Å². The monoisotopic (exact) mass is 724 g/mol. The van der Waals surface area contributed by atoms with Crippen molar-refractivity contribution in [1.29, 1.82) is 0 Å². The predicted octanol–water partition coefficient (Wildman–Crippen LogP) is 10.6. The molecule has 0 heterocycles. The van der Waals surface area contributed by atoms with Crippen molar-refractivity contribution in [2.45, 2.75) is 13.8 Å². The van der Waals surface area contributed by atoms with E-state index < -0.39 is 0 Å². The van der Waals surface area contributed by atoms with Crippen LogP contribution in [0.1, 0.15) is 22.3 Å². The standard InChI is InChI=1S/C36H26N4O2.2Y/c1-23-5-3-7-27-15-21-31(35(41)33(23)27)39-37-29-17-11-25(12-18-29)9-10-26-13-19-30(20-14-26)38-40-32-22-16-28-8-4-6-24(2)34(28)36(32)42;;/h3-4,7-22,41-42H,1-2H3;;/q-2;;. The number of rotatable bonds is 6. The number of hydrogen-bond acceptors (Lipinski definition) is 6. The Morgan fingerprint density at radius 2 is 0.886 bits per heavy atom. The van der Waals surface area contributed by atoms with Crippen molar-refractivity contribution in [3.8, 4) is 11.5 Å². The molecular weight excluding hydrogens is 698 g/mol. The molecule has 8 heteroatoms. The van der Waals surface area contributed by atoms with Crippen molar-refractivity contribution in [1.82, 2.24) is 0 Å². The van der Waals surface area contributed by atoms with Gasteiger partial charge in [-0.2, -0.15) is 57.8 Å². The van der Waals surface area contributed by atoms with Gasteiger partial charge in [0.1, 0.15) is 11.4 Å². The van der Waals surface area contributed by atoms with Gasteiger partial charge in [0.15, 0.2) is 0 Å². The molecule has 0 amide bonds. The van der Waals surface area contributed by atoms with Gasteiger partial charge in [-0.25, -0.2) is 0 Å². The van der Waals surface area contributed by atoms with Gasteiger partial charge >= 0.3 is 0 Å². The van der Waals surface area contributed by atoms with Crippen LogP contribution in [0.25, 0.3) is 33.7 Å². The van der Waals surface area contributed by atoms with Gasteiger partial charge in [0.05, 0.1) is 22.9 Å². The zero-order valence-corrected chi connectivity index (χ0v) is 29.9. The molecule has 0 fully saturated rings. The van der Waals surface area contributed by atoms with Gasteiger partial charge in [0.2, 0.25) is 0 Å². The van der Waals surface area contributed by atoms with Crippen molar-refractivity contribution < 1.29 is 75.6 Å². The molecule has 6 aromatic rings. The Bertz CT molecular complexity index is 1870. The van der Waals surface area contributed by atoms with Crippen LogP contribution in [0.5, 0.6) is 11.5 Å². The number of fused-ring (bicyclic) bond motifs is 2. The van der Waals surface area contributed by atoms with Crippen molar-refractivity contribution >= 4 is 56.4 Å². The molecule has 0 unspecified atom stereocenters. The zero-order valence-electron chi connectivity index (χ0n) is 24.2. The topological polar surface area (TPSA) is 89.9 Å². The molecule has 0 bridgehead atoms. The Balaban J connectivity index is 0.00000221. The summed E-state index contributed by atoms with van der Waals surface area (Å²) in [4.78, 5) is 0. The maximum Gasteiger partial charge on any atom is 0.115 e. The second-order valence-electron chi connectivity index (χ2n) is 9.92. The van der Waals surface area contributed by atoms with Gasteiger partial charge in [0, 0.05) is 65.4 Å². The third-order valence-electron chi connectivity index (χ3n) is 7.05. The smallest absolute Gasteiger partial charge is 0.115 e. The second kappa shape index (κ2) is 15.0. The maximum atomic E-state index is 10.7. The predicted molar refractivity (Wildman–Crippen MR) is 169 cm³/mol. The molecule has 0 aliphatic heterocycles. The Kier molecular flexibility index (Phi) is 11.5. The van der Waals surface area contributed by atoms with Crippen molar-refractivity contribution in [2.24, 2.45) is 20.5 Å². The van der Waals surface area contributed by atoms with Gasteiger partial charge in [-0.3, -0.25) is 0 Å². The summed E-state index contributed by atoms with van der Waals surface area (Å²) < 4.78 is 0. The number of phenols is 2. The van der Waals surface area contributed by atoms with Crippen LogP contribution in [0.2, 0.25) is 0 Å². The Morgan fingerprint density at radius 3 is 1.27 bits per heavy atom. The third kappa shape index (κ3) is 7.44. The second-order valence-corrected chi connectivity index (χ2v) is 9.92. The number of phenolic OH excluding ortho intramolecular Hbond substituents is 2. The van der Waals surface area contributed by atoms with Crippen molar-refractivity contribution in [3.63, 3.8) is 0 Å². The van der Waals surface area contributed by atoms with Gasteiger partial charge in [-0.05, 0) is 47.5 Å². The molecule has 210 valence electrons. The Labute approximate surface area is 306 Å². The number of azo groups is 2. The largest absolute Gasteiger partial charge is 0.518 e. The van der Waals surface area contributed by atoms with E-state index in [4.69, 9.17) is 0 Å². The average Bonchev–Trinajstić information content (AvgIpc) is 3.00. The van der Waals surface area contributed by atoms with Gasteiger partial charge in [-0.15, -0.1) is 21.0 Å². The molecule has 0 aliphatic carbocycles. The van der Waals surface area contributed by atoms with Crippen LogP contribution in [0.15, 0.2) is 118 Å². The Hall–Kier alpha value is -3.41. The van der Waals surface area contributed by atoms with E-state index in [1.807, 2.05) is 111 Å². The fourth-order valence-electron chi connectivity index (χ4n) is 4.80. The summed E-state index contributed by atoms with van der Waals surface area (Å²) in [6, 6.07) is 36.5. The van der Waals surface area contributed by atoms with E-state index in [0.29, 0.717) is 22.7 Å². The minimum absolute atomic E-state index is 0. The number of nitrogens with zero attached hydrogens (tertiary/aromatic N) is 4. The van der Waals surface area contributed by atoms with E-state index >= 15 is 0 Å². The minimum Gasteiger partial charge on any atom is -0.518 e. The first-order chi connectivity index (χ1) is 20.5. The van der Waals surface area contributed by atoms with E-state index in [0.717, 1.165) is 43.8 Å². The van der Waals surface area contributed by atoms with E-state index in [2.05, 4.69) is 32.6 Å². The summed E-state index contributed by atoms with van der Waals surface area (Å²) in [5, 5.41) is 41.8. The van der Waals surface area contributed by atoms with Crippen LogP contribution in [0.3, 0.4) is 0 Å². The molecular formula is C36H26N4O2Y2-2. The number of aromatic hydroxyl groups is 2. The van der Waals surface area contributed by atoms with Crippen LogP contribution < -0.4 is 0 Å². The molecule has 0 saturated heterocycles. The first kappa shape index (κ1) is 33.5. The van der Waals surface area contributed by atoms with Crippen LogP contribution in [0, 0.1) is 26.0 Å². The quantitative estimate of drug-likeness (QED) is 0.102. The van der Waals surface area contributed by atoms with E-state index in [-0.39, 0.29) is 76.9 Å². The Morgan fingerprint density at radius 1 is 0.500 bits per heavy atom. The van der Waals surface area contributed by atoms with Gasteiger partial charge < -0.3 is 10.2 Å². The molecule has 0 atom stereocenters. The van der Waals surface area contributed by atoms with Crippen LogP contribution in [-0.2, 0) is 65.4 Å². The molecule has 44 heavy (non-hydrogen) atoms. The molecule has 2 N–H and O–H groups in total. The van der Waals surface area contributed by atoms with Gasteiger partial charge in [0.25, 0.3) is 0 Å². The summed E-state index contributed by atoms with van der Waals surface area (Å²) in [5.74, 6) is 0.219. The van der Waals surface area contributed by atoms with E-state index in [1.54, 1.807) is 12.1 Å². The fraction of sp³-hybridized carbons (Fsp3) is 0.0556. The molecule has 0 aliphatic rings. The van der Waals surface area contributed by atoms with Crippen molar-refractivity contribution in [3.05, 3.63) is 131 Å². The molecule has 0 aromatic heterocycles. The minimum atomic E-state index is 0. The number of aryl methyl sites for hydroxylation is 2. The first-order valence-electron chi connectivity index (χ1n) is 13.4. The summed E-state index contributed by atoms with van der Waals surface area (Å²) in [7, 11) is 0. The van der Waals surface area contributed by atoms with Crippen LogP contribution in [0.4, 0.5) is 22.7 Å². The van der Waals surface area contributed by atoms with Crippen LogP contribution in [-0.4, -0.2) is 10.2 Å². The molecule has 2 radical (unpaired) electrons. The SMILES string of the molecule is Cc1[c-]ccc2ccc(N=Nc3ccc(C=Cc4ccc(N=Nc5ccc6cc[c-]c(C)c6c5O)cc4)cc3)c(O)c12.[Y].[Y]. The number of hydrogen-bond donors (Lipinski definition) is 2.